The number of benzene rings is 1. The summed E-state index contributed by atoms with van der Waals surface area (Å²) in [7, 11) is 0. The van der Waals surface area contributed by atoms with Gasteiger partial charge in [-0.05, 0) is 24.6 Å². The number of morpholine rings is 1. The molecule has 3 aromatic rings. The molecule has 0 radical (unpaired) electrons. The topological polar surface area (TPSA) is 97.7 Å². The number of hydrazone groups is 1. The molecule has 9 nitrogen and oxygen atoms in total. The molecule has 160 valence electrons. The lowest BCUT2D eigenvalue weighted by molar-refractivity contribution is 0.0317. The van der Waals surface area contributed by atoms with Gasteiger partial charge >= 0.3 is 6.01 Å². The summed E-state index contributed by atoms with van der Waals surface area (Å²) in [5.74, 6) is 0.805. The third-order valence-electron chi connectivity index (χ3n) is 4.72. The molecular formula is C22H25N7O2. The Labute approximate surface area is 181 Å². The van der Waals surface area contributed by atoms with Crippen LogP contribution in [-0.4, -0.2) is 70.5 Å². The fourth-order valence-electron chi connectivity index (χ4n) is 3.11. The predicted octanol–water partition coefficient (Wildman–Crippen LogP) is 2.40. The molecule has 0 atom stereocenters. The second-order valence-electron chi connectivity index (χ2n) is 7.09. The van der Waals surface area contributed by atoms with E-state index in [0.717, 1.165) is 44.0 Å². The number of aromatic nitrogens is 4. The first kappa shape index (κ1) is 20.8. The highest BCUT2D eigenvalue weighted by Gasteiger charge is 2.12. The Morgan fingerprint density at radius 2 is 1.97 bits per heavy atom. The van der Waals surface area contributed by atoms with E-state index >= 15 is 0 Å². The van der Waals surface area contributed by atoms with Crippen molar-refractivity contribution < 1.29 is 9.47 Å². The number of nitrogens with one attached hydrogen (secondary N) is 1. The second-order valence-corrected chi connectivity index (χ2v) is 7.09. The van der Waals surface area contributed by atoms with Crippen molar-refractivity contribution in [2.45, 2.75) is 6.92 Å². The van der Waals surface area contributed by atoms with Crippen LogP contribution >= 0.6 is 0 Å². The van der Waals surface area contributed by atoms with Crippen LogP contribution in [0.3, 0.4) is 0 Å². The Bertz CT molecular complexity index is 1010. The van der Waals surface area contributed by atoms with Gasteiger partial charge in [-0.2, -0.15) is 20.1 Å². The second kappa shape index (κ2) is 10.6. The Hall–Kier alpha value is -3.43. The van der Waals surface area contributed by atoms with Gasteiger partial charge in [0.1, 0.15) is 6.61 Å². The van der Waals surface area contributed by atoms with E-state index in [9.17, 15) is 0 Å². The van der Waals surface area contributed by atoms with Crippen molar-refractivity contribution in [3.05, 3.63) is 59.9 Å². The first-order valence-corrected chi connectivity index (χ1v) is 10.2. The Balaban J connectivity index is 1.47. The standard InChI is InChI=1S/C22H25N7O2/c1-17-3-2-4-18(15-17)16-24-28-21-25-20(19-5-7-23-8-6-19)26-22(27-21)31-14-11-29-9-12-30-13-10-29/h2-8,15-16H,9-14H2,1H3,(H,25,26,27,28). The number of hydrogen-bond donors (Lipinski definition) is 1. The lowest BCUT2D eigenvalue weighted by atomic mass is 10.2. The van der Waals surface area contributed by atoms with Crippen LogP contribution in [0.1, 0.15) is 11.1 Å². The number of ether oxygens (including phenoxy) is 2. The van der Waals surface area contributed by atoms with E-state index in [1.165, 1.54) is 5.56 Å². The first-order chi connectivity index (χ1) is 15.3. The largest absolute Gasteiger partial charge is 0.462 e. The molecule has 4 rings (SSSR count). The molecule has 9 heteroatoms. The minimum absolute atomic E-state index is 0.253. The van der Waals surface area contributed by atoms with Gasteiger partial charge in [0.2, 0.25) is 5.95 Å². The maximum Gasteiger partial charge on any atom is 0.321 e. The van der Waals surface area contributed by atoms with Crippen molar-refractivity contribution in [3.8, 4) is 17.4 Å². The van der Waals surface area contributed by atoms with Crippen LogP contribution in [0.4, 0.5) is 5.95 Å². The van der Waals surface area contributed by atoms with Crippen molar-refractivity contribution >= 4 is 12.2 Å². The average molecular weight is 419 g/mol. The van der Waals surface area contributed by atoms with Crippen LogP contribution in [0.2, 0.25) is 0 Å². The predicted molar refractivity (Wildman–Crippen MR) is 118 cm³/mol. The fourth-order valence-corrected chi connectivity index (χ4v) is 3.11. The highest BCUT2D eigenvalue weighted by Crippen LogP contribution is 2.18. The van der Waals surface area contributed by atoms with Crippen molar-refractivity contribution in [3.63, 3.8) is 0 Å². The monoisotopic (exact) mass is 419 g/mol. The van der Waals surface area contributed by atoms with Gasteiger partial charge in [-0.15, -0.1) is 0 Å². The molecule has 31 heavy (non-hydrogen) atoms. The Morgan fingerprint density at radius 3 is 2.77 bits per heavy atom. The van der Waals surface area contributed by atoms with Gasteiger partial charge in [0, 0.05) is 37.6 Å². The molecule has 1 saturated heterocycles. The highest BCUT2D eigenvalue weighted by molar-refractivity contribution is 5.80. The van der Waals surface area contributed by atoms with Crippen molar-refractivity contribution in [2.75, 3.05) is 44.9 Å². The van der Waals surface area contributed by atoms with Crippen LogP contribution in [0.25, 0.3) is 11.4 Å². The van der Waals surface area contributed by atoms with E-state index in [2.05, 4.69) is 35.4 Å². The maximum absolute atomic E-state index is 5.84. The third kappa shape index (κ3) is 6.27. The summed E-state index contributed by atoms with van der Waals surface area (Å²) < 4.78 is 11.2. The summed E-state index contributed by atoms with van der Waals surface area (Å²) in [6.07, 6.45) is 5.12. The molecule has 0 bridgehead atoms. The number of nitrogens with zero attached hydrogens (tertiary/aromatic N) is 6. The number of rotatable bonds is 8. The molecule has 1 aliphatic heterocycles. The van der Waals surface area contributed by atoms with Crippen LogP contribution in [0.5, 0.6) is 6.01 Å². The fraction of sp³-hybridized carbons (Fsp3) is 0.318. The van der Waals surface area contributed by atoms with E-state index in [1.807, 2.05) is 43.3 Å². The molecule has 1 aliphatic rings. The zero-order chi connectivity index (χ0) is 21.3. The van der Waals surface area contributed by atoms with Gasteiger partial charge < -0.3 is 9.47 Å². The van der Waals surface area contributed by atoms with Crippen LogP contribution in [0.15, 0.2) is 53.9 Å². The van der Waals surface area contributed by atoms with Crippen molar-refractivity contribution in [2.24, 2.45) is 5.10 Å². The van der Waals surface area contributed by atoms with E-state index in [-0.39, 0.29) is 6.01 Å². The maximum atomic E-state index is 5.84. The van der Waals surface area contributed by atoms with Gasteiger partial charge in [-0.3, -0.25) is 9.88 Å². The number of pyridine rings is 1. The molecule has 0 saturated carbocycles. The molecule has 0 amide bonds. The molecule has 2 aromatic heterocycles. The van der Waals surface area contributed by atoms with E-state index < -0.39 is 0 Å². The highest BCUT2D eigenvalue weighted by atomic mass is 16.5. The minimum atomic E-state index is 0.253. The summed E-state index contributed by atoms with van der Waals surface area (Å²) in [6.45, 7) is 6.63. The quantitative estimate of drug-likeness (QED) is 0.439. The number of aryl methyl sites for hydroxylation is 1. The van der Waals surface area contributed by atoms with Gasteiger partial charge in [0.25, 0.3) is 0 Å². The molecule has 0 spiro atoms. The van der Waals surface area contributed by atoms with Gasteiger partial charge in [0.15, 0.2) is 5.82 Å². The van der Waals surface area contributed by atoms with Gasteiger partial charge in [-0.1, -0.05) is 29.8 Å². The van der Waals surface area contributed by atoms with Crippen molar-refractivity contribution in [1.29, 1.82) is 0 Å². The van der Waals surface area contributed by atoms with Crippen LogP contribution in [0, 0.1) is 6.92 Å². The summed E-state index contributed by atoms with van der Waals surface area (Å²) in [6, 6.07) is 12.0. The smallest absolute Gasteiger partial charge is 0.321 e. The molecular weight excluding hydrogens is 394 g/mol. The molecule has 0 aliphatic carbocycles. The molecule has 1 N–H and O–H groups in total. The van der Waals surface area contributed by atoms with Gasteiger partial charge in [-0.25, -0.2) is 5.43 Å². The Morgan fingerprint density at radius 1 is 1.13 bits per heavy atom. The first-order valence-electron chi connectivity index (χ1n) is 10.2. The van der Waals surface area contributed by atoms with Crippen LogP contribution in [-0.2, 0) is 4.74 Å². The lowest BCUT2D eigenvalue weighted by Crippen LogP contribution is -2.38. The summed E-state index contributed by atoms with van der Waals surface area (Å²) in [4.78, 5) is 19.6. The molecule has 1 aromatic carbocycles. The van der Waals surface area contributed by atoms with Gasteiger partial charge in [0.05, 0.1) is 19.4 Å². The Kier molecular flexibility index (Phi) is 7.09. The summed E-state index contributed by atoms with van der Waals surface area (Å²) in [5.41, 5.74) is 5.86. The molecule has 1 fully saturated rings. The zero-order valence-corrected chi connectivity index (χ0v) is 17.4. The van der Waals surface area contributed by atoms with E-state index in [4.69, 9.17) is 9.47 Å². The zero-order valence-electron chi connectivity index (χ0n) is 17.4. The van der Waals surface area contributed by atoms with Crippen LogP contribution < -0.4 is 10.2 Å². The van der Waals surface area contributed by atoms with E-state index in [0.29, 0.717) is 18.4 Å². The third-order valence-corrected chi connectivity index (χ3v) is 4.72. The summed E-state index contributed by atoms with van der Waals surface area (Å²) in [5, 5.41) is 4.26. The minimum Gasteiger partial charge on any atom is -0.462 e. The molecule has 0 unspecified atom stereocenters. The number of anilines is 1. The normalized spacial score (nSPS) is 14.6. The van der Waals surface area contributed by atoms with E-state index in [1.54, 1.807) is 18.6 Å². The summed E-state index contributed by atoms with van der Waals surface area (Å²) >= 11 is 0. The SMILES string of the molecule is Cc1cccc(C=NNc2nc(OCCN3CCOCC3)nc(-c3ccncc3)n2)c1. The molecule has 3 heterocycles. The van der Waals surface area contributed by atoms with Crippen molar-refractivity contribution in [1.82, 2.24) is 24.8 Å². The lowest BCUT2D eigenvalue weighted by Gasteiger charge is -2.26. The number of hydrogen-bond acceptors (Lipinski definition) is 9. The average Bonchev–Trinajstić information content (AvgIpc) is 2.80.